The van der Waals surface area contributed by atoms with Crippen LogP contribution in [-0.4, -0.2) is 17.3 Å². The second-order valence-corrected chi connectivity index (χ2v) is 9.12. The summed E-state index contributed by atoms with van der Waals surface area (Å²) in [6, 6.07) is 26.2. The van der Waals surface area contributed by atoms with E-state index in [2.05, 4.69) is 24.3 Å². The smallest absolute Gasteiger partial charge is 0.167 e. The van der Waals surface area contributed by atoms with Gasteiger partial charge in [0.15, 0.2) is 5.78 Å². The average Bonchev–Trinajstić information content (AvgIpc) is 2.73. The number of ketones is 2. The van der Waals surface area contributed by atoms with E-state index < -0.39 is 0 Å². The highest BCUT2D eigenvalue weighted by molar-refractivity contribution is 7.99. The monoisotopic (exact) mass is 420 g/mol. The molecule has 148 valence electrons. The van der Waals surface area contributed by atoms with Gasteiger partial charge in [0.1, 0.15) is 5.78 Å². The summed E-state index contributed by atoms with van der Waals surface area (Å²) in [5, 5.41) is 0. The Labute approximate surface area is 181 Å². The van der Waals surface area contributed by atoms with Gasteiger partial charge in [-0.25, -0.2) is 0 Å². The molecule has 3 aromatic carbocycles. The average molecular weight is 421 g/mol. The second-order valence-electron chi connectivity index (χ2n) is 6.86. The first-order valence-electron chi connectivity index (χ1n) is 9.61. The molecule has 0 fully saturated rings. The normalized spacial score (nSPS) is 10.7. The number of rotatable bonds is 10. The van der Waals surface area contributed by atoms with Gasteiger partial charge >= 0.3 is 0 Å². The van der Waals surface area contributed by atoms with Crippen molar-refractivity contribution in [3.63, 3.8) is 0 Å². The Morgan fingerprint density at radius 2 is 1.48 bits per heavy atom. The molecular weight excluding hydrogens is 396 g/mol. The van der Waals surface area contributed by atoms with Crippen molar-refractivity contribution in [2.45, 2.75) is 35.3 Å². The highest BCUT2D eigenvalue weighted by Gasteiger charge is 2.08. The predicted molar refractivity (Wildman–Crippen MR) is 123 cm³/mol. The molecule has 2 nitrogen and oxygen atoms in total. The summed E-state index contributed by atoms with van der Waals surface area (Å²) in [7, 11) is 0. The van der Waals surface area contributed by atoms with Crippen LogP contribution in [0.15, 0.2) is 88.7 Å². The SMILES string of the molecule is CC(=O)CCSCc1cccc(CC(=O)c2ccc(Sc3ccccc3)cc2)c1. The van der Waals surface area contributed by atoms with Crippen molar-refractivity contribution in [1.82, 2.24) is 0 Å². The molecule has 0 N–H and O–H groups in total. The highest BCUT2D eigenvalue weighted by Crippen LogP contribution is 2.27. The highest BCUT2D eigenvalue weighted by atomic mass is 32.2. The van der Waals surface area contributed by atoms with Crippen LogP contribution in [0.2, 0.25) is 0 Å². The van der Waals surface area contributed by atoms with Crippen LogP contribution in [0.5, 0.6) is 0 Å². The molecule has 3 aromatic rings. The fourth-order valence-electron chi connectivity index (χ4n) is 2.86. The second kappa shape index (κ2) is 11.0. The molecule has 0 saturated carbocycles. The standard InChI is InChI=1S/C25H24O2S2/c1-19(26)14-15-28-18-21-7-5-6-20(16-21)17-25(27)22-10-12-24(13-11-22)29-23-8-3-2-4-9-23/h2-13,16H,14-15,17-18H2,1H3. The topological polar surface area (TPSA) is 34.1 Å². The Hall–Kier alpha value is -2.30. The third kappa shape index (κ3) is 7.22. The van der Waals surface area contributed by atoms with Crippen molar-refractivity contribution in [3.05, 3.63) is 95.6 Å². The van der Waals surface area contributed by atoms with Crippen molar-refractivity contribution in [2.75, 3.05) is 5.75 Å². The molecule has 0 amide bonds. The molecule has 4 heteroatoms. The summed E-state index contributed by atoms with van der Waals surface area (Å²) >= 11 is 3.44. The Bertz CT molecular complexity index is 950. The van der Waals surface area contributed by atoms with E-state index in [1.165, 1.54) is 10.5 Å². The largest absolute Gasteiger partial charge is 0.300 e. The number of thioether (sulfide) groups is 1. The first-order chi connectivity index (χ1) is 14.1. The quantitative estimate of drug-likeness (QED) is 0.278. The maximum absolute atomic E-state index is 12.7. The molecule has 0 aliphatic rings. The Kier molecular flexibility index (Phi) is 8.14. The van der Waals surface area contributed by atoms with Crippen LogP contribution in [0.25, 0.3) is 0 Å². The molecule has 3 rings (SSSR count). The van der Waals surface area contributed by atoms with E-state index in [0.717, 1.165) is 27.5 Å². The van der Waals surface area contributed by atoms with Crippen LogP contribution in [0, 0.1) is 0 Å². The molecule has 29 heavy (non-hydrogen) atoms. The lowest BCUT2D eigenvalue weighted by atomic mass is 10.0. The molecule has 0 spiro atoms. The predicted octanol–water partition coefficient (Wildman–Crippen LogP) is 6.48. The fourth-order valence-corrected chi connectivity index (χ4v) is 4.69. The van der Waals surface area contributed by atoms with Gasteiger partial charge in [-0.15, -0.1) is 0 Å². The first-order valence-corrected chi connectivity index (χ1v) is 11.6. The fraction of sp³-hybridized carbons (Fsp3) is 0.200. The molecule has 0 heterocycles. The lowest BCUT2D eigenvalue weighted by Gasteiger charge is -2.06. The minimum atomic E-state index is 0.127. The van der Waals surface area contributed by atoms with Crippen molar-refractivity contribution >= 4 is 35.1 Å². The van der Waals surface area contributed by atoms with Crippen LogP contribution >= 0.6 is 23.5 Å². The maximum Gasteiger partial charge on any atom is 0.167 e. The summed E-state index contributed by atoms with van der Waals surface area (Å²) in [6.45, 7) is 1.62. The van der Waals surface area contributed by atoms with Gasteiger partial charge in [0.05, 0.1) is 0 Å². The van der Waals surface area contributed by atoms with Crippen molar-refractivity contribution < 1.29 is 9.59 Å². The van der Waals surface area contributed by atoms with Crippen LogP contribution < -0.4 is 0 Å². The van der Waals surface area contributed by atoms with Gasteiger partial charge < -0.3 is 0 Å². The van der Waals surface area contributed by atoms with E-state index in [9.17, 15) is 9.59 Å². The maximum atomic E-state index is 12.7. The molecule has 0 aromatic heterocycles. The van der Waals surface area contributed by atoms with E-state index in [4.69, 9.17) is 0 Å². The molecule has 0 saturated heterocycles. The van der Waals surface area contributed by atoms with Gasteiger partial charge in [-0.2, -0.15) is 11.8 Å². The van der Waals surface area contributed by atoms with E-state index in [1.807, 2.05) is 54.6 Å². The zero-order valence-electron chi connectivity index (χ0n) is 16.5. The van der Waals surface area contributed by atoms with E-state index in [1.54, 1.807) is 30.4 Å². The molecule has 0 aliphatic carbocycles. The van der Waals surface area contributed by atoms with E-state index in [0.29, 0.717) is 12.8 Å². The van der Waals surface area contributed by atoms with Crippen LogP contribution in [0.3, 0.4) is 0 Å². The Morgan fingerprint density at radius 1 is 0.793 bits per heavy atom. The summed E-state index contributed by atoms with van der Waals surface area (Å²) in [4.78, 5) is 26.0. The van der Waals surface area contributed by atoms with Crippen LogP contribution in [-0.2, 0) is 17.0 Å². The number of benzene rings is 3. The Morgan fingerprint density at radius 3 is 2.21 bits per heavy atom. The number of Topliss-reactive ketones (excluding diaryl/α,β-unsaturated/α-hetero) is 2. The molecule has 0 unspecified atom stereocenters. The van der Waals surface area contributed by atoms with Gasteiger partial charge in [0.25, 0.3) is 0 Å². The van der Waals surface area contributed by atoms with Crippen molar-refractivity contribution in [1.29, 1.82) is 0 Å². The van der Waals surface area contributed by atoms with Crippen LogP contribution in [0.4, 0.5) is 0 Å². The van der Waals surface area contributed by atoms with E-state index in [-0.39, 0.29) is 11.6 Å². The van der Waals surface area contributed by atoms with E-state index >= 15 is 0 Å². The number of carbonyl (C=O) groups excluding carboxylic acids is 2. The lowest BCUT2D eigenvalue weighted by molar-refractivity contribution is -0.116. The zero-order chi connectivity index (χ0) is 20.5. The third-order valence-electron chi connectivity index (χ3n) is 4.38. The van der Waals surface area contributed by atoms with Crippen LogP contribution in [0.1, 0.15) is 34.8 Å². The lowest BCUT2D eigenvalue weighted by Crippen LogP contribution is -2.03. The van der Waals surface area contributed by atoms with Gasteiger partial charge in [-0.1, -0.05) is 66.4 Å². The molecule has 0 aliphatic heterocycles. The minimum absolute atomic E-state index is 0.127. The molecule has 0 atom stereocenters. The van der Waals surface area contributed by atoms with Gasteiger partial charge in [-0.05, 0) is 42.3 Å². The molecule has 0 radical (unpaired) electrons. The molecular formula is C25H24O2S2. The van der Waals surface area contributed by atoms with Gasteiger partial charge in [0, 0.05) is 39.7 Å². The Balaban J connectivity index is 1.55. The third-order valence-corrected chi connectivity index (χ3v) is 6.42. The van der Waals surface area contributed by atoms with Gasteiger partial charge in [-0.3, -0.25) is 9.59 Å². The summed E-state index contributed by atoms with van der Waals surface area (Å²) < 4.78 is 0. The molecule has 0 bridgehead atoms. The van der Waals surface area contributed by atoms with Gasteiger partial charge in [0.2, 0.25) is 0 Å². The zero-order valence-corrected chi connectivity index (χ0v) is 18.1. The van der Waals surface area contributed by atoms with Crippen molar-refractivity contribution in [3.8, 4) is 0 Å². The summed E-state index contributed by atoms with van der Waals surface area (Å²) in [5.74, 6) is 2.06. The number of carbonyl (C=O) groups is 2. The van der Waals surface area contributed by atoms with Crippen molar-refractivity contribution in [2.24, 2.45) is 0 Å². The summed E-state index contributed by atoms with van der Waals surface area (Å²) in [5.41, 5.74) is 2.96. The number of hydrogen-bond acceptors (Lipinski definition) is 4. The number of hydrogen-bond donors (Lipinski definition) is 0. The first kappa shape index (κ1) is 21.4. The summed E-state index contributed by atoms with van der Waals surface area (Å²) in [6.07, 6.45) is 1.01. The minimum Gasteiger partial charge on any atom is -0.300 e.